The maximum absolute atomic E-state index is 11.9. The topological polar surface area (TPSA) is 89.2 Å². The molecule has 1 aliphatic rings. The van der Waals surface area contributed by atoms with Crippen molar-refractivity contribution in [3.63, 3.8) is 0 Å². The molecule has 0 bridgehead atoms. The van der Waals surface area contributed by atoms with E-state index >= 15 is 0 Å². The number of nitrogens with two attached hydrogens (primary N) is 1. The van der Waals surface area contributed by atoms with Gasteiger partial charge in [0.05, 0.1) is 0 Å². The zero-order valence-electron chi connectivity index (χ0n) is 11.7. The Morgan fingerprint density at radius 2 is 2.15 bits per heavy atom. The molecule has 0 saturated carbocycles. The Morgan fingerprint density at radius 3 is 2.70 bits per heavy atom. The maximum Gasteiger partial charge on any atom is 0.226 e. The second-order valence-corrected chi connectivity index (χ2v) is 8.48. The molecule has 1 aromatic rings. The number of anilines is 1. The minimum atomic E-state index is -3.15. The zero-order chi connectivity index (χ0) is 14.8. The number of nitrogens with zero attached hydrogens (tertiary/aromatic N) is 3. The Hall–Kier alpha value is -0.860. The fourth-order valence-electron chi connectivity index (χ4n) is 2.14. The van der Waals surface area contributed by atoms with Gasteiger partial charge in [0.1, 0.15) is 5.37 Å². The number of sulfone groups is 1. The second-order valence-electron chi connectivity index (χ2n) is 5.13. The smallest absolute Gasteiger partial charge is 0.226 e. The average molecular weight is 316 g/mol. The number of thioether (sulfide) groups is 1. The predicted molar refractivity (Wildman–Crippen MR) is 82.7 cm³/mol. The SMILES string of the molecule is CC(N)Cc1cnc(N2CCSCC2S(C)(=O)=O)nc1. The third-order valence-electron chi connectivity index (χ3n) is 3.09. The van der Waals surface area contributed by atoms with Gasteiger partial charge in [0.15, 0.2) is 9.84 Å². The summed E-state index contributed by atoms with van der Waals surface area (Å²) in [4.78, 5) is 10.4. The van der Waals surface area contributed by atoms with Crippen molar-refractivity contribution in [3.8, 4) is 0 Å². The van der Waals surface area contributed by atoms with Gasteiger partial charge in [-0.25, -0.2) is 18.4 Å². The molecule has 2 unspecified atom stereocenters. The van der Waals surface area contributed by atoms with Crippen molar-refractivity contribution in [2.24, 2.45) is 5.73 Å². The number of aromatic nitrogens is 2. The Labute approximate surface area is 124 Å². The van der Waals surface area contributed by atoms with Crippen LogP contribution in [0.25, 0.3) is 0 Å². The van der Waals surface area contributed by atoms with E-state index in [0.29, 0.717) is 24.7 Å². The van der Waals surface area contributed by atoms with Gasteiger partial charge >= 0.3 is 0 Å². The van der Waals surface area contributed by atoms with Gasteiger partial charge in [-0.3, -0.25) is 0 Å². The van der Waals surface area contributed by atoms with Crippen molar-refractivity contribution in [2.75, 3.05) is 29.2 Å². The minimum absolute atomic E-state index is 0.0552. The highest BCUT2D eigenvalue weighted by atomic mass is 32.2. The van der Waals surface area contributed by atoms with Gasteiger partial charge in [0, 0.05) is 42.7 Å². The van der Waals surface area contributed by atoms with Crippen LogP contribution in [0.3, 0.4) is 0 Å². The lowest BCUT2D eigenvalue weighted by atomic mass is 10.1. The molecular formula is C12H20N4O2S2. The number of rotatable bonds is 4. The molecular weight excluding hydrogens is 296 g/mol. The summed E-state index contributed by atoms with van der Waals surface area (Å²) in [7, 11) is -3.15. The van der Waals surface area contributed by atoms with Crippen molar-refractivity contribution in [1.29, 1.82) is 0 Å². The molecule has 2 heterocycles. The van der Waals surface area contributed by atoms with Gasteiger partial charge < -0.3 is 10.6 Å². The number of hydrogen-bond acceptors (Lipinski definition) is 7. The molecule has 0 aromatic carbocycles. The maximum atomic E-state index is 11.9. The van der Waals surface area contributed by atoms with E-state index in [1.807, 2.05) is 6.92 Å². The average Bonchev–Trinajstić information content (AvgIpc) is 2.38. The fraction of sp³-hybridized carbons (Fsp3) is 0.667. The van der Waals surface area contributed by atoms with E-state index in [1.165, 1.54) is 6.26 Å². The molecule has 8 heteroatoms. The van der Waals surface area contributed by atoms with Crippen LogP contribution in [0.4, 0.5) is 5.95 Å². The molecule has 2 rings (SSSR count). The van der Waals surface area contributed by atoms with Crippen molar-refractivity contribution < 1.29 is 8.42 Å². The summed E-state index contributed by atoms with van der Waals surface area (Å²) < 4.78 is 23.7. The summed E-state index contributed by atoms with van der Waals surface area (Å²) >= 11 is 1.65. The van der Waals surface area contributed by atoms with Crippen LogP contribution in [0, 0.1) is 0 Å². The van der Waals surface area contributed by atoms with Crippen molar-refractivity contribution >= 4 is 27.5 Å². The molecule has 0 amide bonds. The minimum Gasteiger partial charge on any atom is -0.328 e. The van der Waals surface area contributed by atoms with Crippen LogP contribution in [0.2, 0.25) is 0 Å². The molecule has 1 aromatic heterocycles. The quantitative estimate of drug-likeness (QED) is 0.854. The molecule has 20 heavy (non-hydrogen) atoms. The second kappa shape index (κ2) is 6.28. The fourth-order valence-corrected chi connectivity index (χ4v) is 4.95. The molecule has 1 aliphatic heterocycles. The van der Waals surface area contributed by atoms with Crippen molar-refractivity contribution in [3.05, 3.63) is 18.0 Å². The summed E-state index contributed by atoms with van der Waals surface area (Å²) in [5.41, 5.74) is 6.70. The number of hydrogen-bond donors (Lipinski definition) is 1. The summed E-state index contributed by atoms with van der Waals surface area (Å²) in [5, 5.41) is -0.541. The molecule has 2 atom stereocenters. The van der Waals surface area contributed by atoms with Crippen LogP contribution >= 0.6 is 11.8 Å². The first-order chi connectivity index (χ1) is 9.38. The van der Waals surface area contributed by atoms with E-state index in [9.17, 15) is 8.42 Å². The van der Waals surface area contributed by atoms with Crippen LogP contribution < -0.4 is 10.6 Å². The molecule has 6 nitrogen and oxygen atoms in total. The van der Waals surface area contributed by atoms with Gasteiger partial charge in [0.2, 0.25) is 5.95 Å². The standard InChI is InChI=1S/C12H20N4O2S2/c1-9(13)5-10-6-14-12(15-7-10)16-3-4-19-8-11(16)20(2,17)18/h6-7,9,11H,3-5,8,13H2,1-2H3. The van der Waals surface area contributed by atoms with Crippen LogP contribution in [-0.4, -0.2) is 54.1 Å². The highest BCUT2D eigenvalue weighted by molar-refractivity contribution is 8.01. The Balaban J connectivity index is 2.20. The largest absolute Gasteiger partial charge is 0.328 e. The lowest BCUT2D eigenvalue weighted by Gasteiger charge is -2.33. The zero-order valence-corrected chi connectivity index (χ0v) is 13.3. The molecule has 0 spiro atoms. The van der Waals surface area contributed by atoms with Crippen LogP contribution in [0.1, 0.15) is 12.5 Å². The summed E-state index contributed by atoms with van der Waals surface area (Å²) in [6.07, 6.45) is 5.44. The molecule has 1 saturated heterocycles. The van der Waals surface area contributed by atoms with Gasteiger partial charge in [-0.2, -0.15) is 11.8 Å². The Morgan fingerprint density at radius 1 is 1.50 bits per heavy atom. The molecule has 0 radical (unpaired) electrons. The first-order valence-electron chi connectivity index (χ1n) is 6.47. The van der Waals surface area contributed by atoms with Crippen LogP contribution in [0.5, 0.6) is 0 Å². The first-order valence-corrected chi connectivity index (χ1v) is 9.58. The third kappa shape index (κ3) is 3.83. The highest BCUT2D eigenvalue weighted by Gasteiger charge is 2.32. The molecule has 2 N–H and O–H groups in total. The lowest BCUT2D eigenvalue weighted by molar-refractivity contribution is 0.582. The van der Waals surface area contributed by atoms with E-state index in [4.69, 9.17) is 5.73 Å². The molecule has 1 fully saturated rings. The van der Waals surface area contributed by atoms with E-state index < -0.39 is 15.2 Å². The first kappa shape index (κ1) is 15.5. The highest BCUT2D eigenvalue weighted by Crippen LogP contribution is 2.23. The lowest BCUT2D eigenvalue weighted by Crippen LogP contribution is -2.47. The van der Waals surface area contributed by atoms with Gasteiger partial charge in [-0.1, -0.05) is 0 Å². The van der Waals surface area contributed by atoms with Crippen LogP contribution in [0.15, 0.2) is 12.4 Å². The Bertz CT molecular complexity index is 545. The monoisotopic (exact) mass is 316 g/mol. The predicted octanol–water partition coefficient (Wildman–Crippen LogP) is 0.290. The van der Waals surface area contributed by atoms with Gasteiger partial charge in [-0.05, 0) is 18.9 Å². The van der Waals surface area contributed by atoms with E-state index in [1.54, 1.807) is 29.1 Å². The summed E-state index contributed by atoms with van der Waals surface area (Å²) in [5.74, 6) is 1.93. The van der Waals surface area contributed by atoms with Crippen LogP contribution in [-0.2, 0) is 16.3 Å². The summed E-state index contributed by atoms with van der Waals surface area (Å²) in [6, 6.07) is 0.0552. The van der Waals surface area contributed by atoms with E-state index in [2.05, 4.69) is 9.97 Å². The summed E-state index contributed by atoms with van der Waals surface area (Å²) in [6.45, 7) is 2.57. The normalized spacial score (nSPS) is 21.8. The van der Waals surface area contributed by atoms with Crippen molar-refractivity contribution in [2.45, 2.75) is 24.8 Å². The molecule has 0 aliphatic carbocycles. The van der Waals surface area contributed by atoms with Gasteiger partial charge in [-0.15, -0.1) is 0 Å². The van der Waals surface area contributed by atoms with E-state index in [0.717, 1.165) is 11.3 Å². The third-order valence-corrected chi connectivity index (χ3v) is 5.73. The molecule has 112 valence electrons. The van der Waals surface area contributed by atoms with E-state index in [-0.39, 0.29) is 6.04 Å². The van der Waals surface area contributed by atoms with Crippen molar-refractivity contribution in [1.82, 2.24) is 9.97 Å². The van der Waals surface area contributed by atoms with Gasteiger partial charge in [0.25, 0.3) is 0 Å². The Kier molecular flexibility index (Phi) is 4.87.